The van der Waals surface area contributed by atoms with Gasteiger partial charge < -0.3 is 16.2 Å². The van der Waals surface area contributed by atoms with Crippen molar-refractivity contribution in [3.63, 3.8) is 0 Å². The maximum absolute atomic E-state index is 13.1. The first kappa shape index (κ1) is 16.4. The van der Waals surface area contributed by atoms with Crippen LogP contribution in [0.1, 0.15) is 6.42 Å². The van der Waals surface area contributed by atoms with E-state index in [1.54, 1.807) is 12.1 Å². The summed E-state index contributed by atoms with van der Waals surface area (Å²) in [6, 6.07) is 10.7. The largest absolute Gasteiger partial charge is 0.506 e. The Kier molecular flexibility index (Phi) is 4.34. The minimum atomic E-state index is -0.851. The number of phenolic OH excluding ortho intramolecular Hbond substituents is 1. The van der Waals surface area contributed by atoms with Crippen LogP contribution in [0.3, 0.4) is 0 Å². The lowest BCUT2D eigenvalue weighted by atomic mass is 10.1. The molecule has 1 heterocycles. The molecule has 0 radical (unpaired) electrons. The molecule has 0 bridgehead atoms. The molecule has 2 aromatic rings. The molecule has 0 aromatic heterocycles. The standard InChI is InChI=1S/C17H15FN4O3/c18-10-5-7-11(8-6-10)22-14(16(19)24)9-13(21-22)17(25)20-12-3-1-2-4-15(12)23/h1-8,14,23H,9H2,(H2,19,24)(H,20,25). The molecule has 2 aromatic carbocycles. The van der Waals surface area contributed by atoms with Gasteiger partial charge in [0.1, 0.15) is 23.3 Å². The van der Waals surface area contributed by atoms with Gasteiger partial charge >= 0.3 is 0 Å². The number of benzene rings is 2. The number of hydrogen-bond donors (Lipinski definition) is 3. The molecule has 1 aliphatic rings. The third-order valence-electron chi connectivity index (χ3n) is 3.74. The monoisotopic (exact) mass is 342 g/mol. The van der Waals surface area contributed by atoms with Gasteiger partial charge in [-0.05, 0) is 36.4 Å². The highest BCUT2D eigenvalue weighted by atomic mass is 19.1. The van der Waals surface area contributed by atoms with Crippen molar-refractivity contribution in [2.24, 2.45) is 10.8 Å². The summed E-state index contributed by atoms with van der Waals surface area (Å²) in [4.78, 5) is 24.1. The highest BCUT2D eigenvalue weighted by molar-refractivity contribution is 6.44. The molecule has 25 heavy (non-hydrogen) atoms. The predicted molar refractivity (Wildman–Crippen MR) is 90.6 cm³/mol. The quantitative estimate of drug-likeness (QED) is 0.733. The second-order valence-electron chi connectivity index (χ2n) is 5.46. The van der Waals surface area contributed by atoms with Gasteiger partial charge in [-0.2, -0.15) is 5.10 Å². The number of carbonyl (C=O) groups excluding carboxylic acids is 2. The second-order valence-corrected chi connectivity index (χ2v) is 5.46. The summed E-state index contributed by atoms with van der Waals surface area (Å²) in [7, 11) is 0. The maximum atomic E-state index is 13.1. The van der Waals surface area contributed by atoms with E-state index in [9.17, 15) is 19.1 Å². The Labute approximate surface area is 142 Å². The van der Waals surface area contributed by atoms with Crippen LogP contribution < -0.4 is 16.1 Å². The number of para-hydroxylation sites is 2. The molecule has 1 unspecified atom stereocenters. The van der Waals surface area contributed by atoms with Crippen molar-refractivity contribution >= 4 is 28.9 Å². The van der Waals surface area contributed by atoms with Crippen LogP contribution in [0.25, 0.3) is 0 Å². The second kappa shape index (κ2) is 6.60. The van der Waals surface area contributed by atoms with Crippen LogP contribution in [0.2, 0.25) is 0 Å². The van der Waals surface area contributed by atoms with Gasteiger partial charge in [0.2, 0.25) is 5.91 Å². The minimum Gasteiger partial charge on any atom is -0.506 e. The number of rotatable bonds is 4. The van der Waals surface area contributed by atoms with E-state index in [0.717, 1.165) is 0 Å². The Morgan fingerprint density at radius 1 is 1.20 bits per heavy atom. The van der Waals surface area contributed by atoms with Crippen LogP contribution in [0.15, 0.2) is 53.6 Å². The van der Waals surface area contributed by atoms with Crippen LogP contribution in [-0.2, 0) is 9.59 Å². The van der Waals surface area contributed by atoms with E-state index in [2.05, 4.69) is 10.4 Å². The Balaban J connectivity index is 1.85. The number of primary amides is 1. The number of hydrazone groups is 1. The fourth-order valence-corrected chi connectivity index (χ4v) is 2.47. The summed E-state index contributed by atoms with van der Waals surface area (Å²) in [5.41, 5.74) is 6.14. The topological polar surface area (TPSA) is 108 Å². The minimum absolute atomic E-state index is 0.00609. The molecule has 128 valence electrons. The van der Waals surface area contributed by atoms with E-state index in [0.29, 0.717) is 5.69 Å². The van der Waals surface area contributed by atoms with E-state index in [1.807, 2.05) is 0 Å². The Bertz CT molecular complexity index is 851. The van der Waals surface area contributed by atoms with Crippen molar-refractivity contribution in [2.75, 3.05) is 10.3 Å². The molecular formula is C17H15FN4O3. The molecule has 4 N–H and O–H groups in total. The normalized spacial score (nSPS) is 16.4. The van der Waals surface area contributed by atoms with Gasteiger partial charge in [0, 0.05) is 6.42 Å². The Morgan fingerprint density at radius 2 is 1.88 bits per heavy atom. The zero-order valence-corrected chi connectivity index (χ0v) is 13.0. The van der Waals surface area contributed by atoms with Gasteiger partial charge in [0.15, 0.2) is 0 Å². The lowest BCUT2D eigenvalue weighted by Gasteiger charge is -2.20. The molecule has 0 fully saturated rings. The highest BCUT2D eigenvalue weighted by Gasteiger charge is 2.35. The summed E-state index contributed by atoms with van der Waals surface area (Å²) >= 11 is 0. The first-order valence-electron chi connectivity index (χ1n) is 7.46. The van der Waals surface area contributed by atoms with Crippen LogP contribution in [0.4, 0.5) is 15.8 Å². The average Bonchev–Trinajstić information content (AvgIpc) is 3.03. The number of carbonyl (C=O) groups is 2. The molecule has 0 saturated carbocycles. The van der Waals surface area contributed by atoms with Crippen molar-refractivity contribution in [3.05, 3.63) is 54.3 Å². The van der Waals surface area contributed by atoms with Gasteiger partial charge in [-0.15, -0.1) is 0 Å². The molecule has 3 rings (SSSR count). The third kappa shape index (κ3) is 3.42. The molecule has 1 aliphatic heterocycles. The smallest absolute Gasteiger partial charge is 0.272 e. The molecular weight excluding hydrogens is 327 g/mol. The third-order valence-corrected chi connectivity index (χ3v) is 3.74. The van der Waals surface area contributed by atoms with E-state index in [4.69, 9.17) is 5.73 Å². The van der Waals surface area contributed by atoms with E-state index in [1.165, 1.54) is 41.4 Å². The van der Waals surface area contributed by atoms with Gasteiger partial charge in [-0.1, -0.05) is 12.1 Å². The SMILES string of the molecule is NC(=O)C1CC(C(=O)Nc2ccccc2O)=NN1c1ccc(F)cc1. The number of nitrogens with one attached hydrogen (secondary N) is 1. The number of nitrogens with two attached hydrogens (primary N) is 1. The molecule has 0 saturated heterocycles. The molecule has 8 heteroatoms. The molecule has 0 aliphatic carbocycles. The van der Waals surface area contributed by atoms with E-state index in [-0.39, 0.29) is 23.6 Å². The first-order valence-corrected chi connectivity index (χ1v) is 7.46. The fourth-order valence-electron chi connectivity index (χ4n) is 2.47. The lowest BCUT2D eigenvalue weighted by Crippen LogP contribution is -2.39. The first-order chi connectivity index (χ1) is 12.0. The van der Waals surface area contributed by atoms with Crippen molar-refractivity contribution in [1.29, 1.82) is 0 Å². The van der Waals surface area contributed by atoms with Crippen LogP contribution in [-0.4, -0.2) is 28.7 Å². The highest BCUT2D eigenvalue weighted by Crippen LogP contribution is 2.26. The summed E-state index contributed by atoms with van der Waals surface area (Å²) < 4.78 is 13.1. The number of phenols is 1. The maximum Gasteiger partial charge on any atom is 0.272 e. The summed E-state index contributed by atoms with van der Waals surface area (Å²) in [6.07, 6.45) is 0.00609. The van der Waals surface area contributed by atoms with Crippen LogP contribution in [0, 0.1) is 5.82 Å². The molecule has 1 atom stereocenters. The number of aromatic hydroxyl groups is 1. The number of hydrogen-bond acceptors (Lipinski definition) is 5. The fraction of sp³-hybridized carbons (Fsp3) is 0.118. The Morgan fingerprint density at radius 3 is 2.52 bits per heavy atom. The average molecular weight is 342 g/mol. The Hall–Kier alpha value is -3.42. The van der Waals surface area contributed by atoms with Gasteiger partial charge in [0.05, 0.1) is 11.4 Å². The molecule has 0 spiro atoms. The van der Waals surface area contributed by atoms with E-state index < -0.39 is 23.7 Å². The van der Waals surface area contributed by atoms with Crippen molar-refractivity contribution in [2.45, 2.75) is 12.5 Å². The molecule has 7 nitrogen and oxygen atoms in total. The zero-order valence-electron chi connectivity index (χ0n) is 13.0. The van der Waals surface area contributed by atoms with Gasteiger partial charge in [-0.3, -0.25) is 14.6 Å². The zero-order chi connectivity index (χ0) is 18.0. The summed E-state index contributed by atoms with van der Waals surface area (Å²) in [5.74, 6) is -1.73. The number of nitrogens with zero attached hydrogens (tertiary/aromatic N) is 2. The molecule has 2 amide bonds. The van der Waals surface area contributed by atoms with E-state index >= 15 is 0 Å². The summed E-state index contributed by atoms with van der Waals surface area (Å²) in [5, 5.41) is 17.7. The van der Waals surface area contributed by atoms with Crippen LogP contribution >= 0.6 is 0 Å². The van der Waals surface area contributed by atoms with Crippen LogP contribution in [0.5, 0.6) is 5.75 Å². The van der Waals surface area contributed by atoms with Crippen molar-refractivity contribution in [1.82, 2.24) is 0 Å². The van der Waals surface area contributed by atoms with Gasteiger partial charge in [0.25, 0.3) is 5.91 Å². The van der Waals surface area contributed by atoms with Crippen molar-refractivity contribution < 1.29 is 19.1 Å². The summed E-state index contributed by atoms with van der Waals surface area (Å²) in [6.45, 7) is 0. The lowest BCUT2D eigenvalue weighted by molar-refractivity contribution is -0.119. The van der Waals surface area contributed by atoms with Gasteiger partial charge in [-0.25, -0.2) is 4.39 Å². The number of anilines is 2. The van der Waals surface area contributed by atoms with Crippen molar-refractivity contribution in [3.8, 4) is 5.75 Å². The number of amides is 2. The predicted octanol–water partition coefficient (Wildman–Crippen LogP) is 1.59. The number of halogens is 1.